The van der Waals surface area contributed by atoms with E-state index in [9.17, 15) is 22.8 Å². The average Bonchev–Trinajstić information content (AvgIpc) is 2.96. The van der Waals surface area contributed by atoms with Crippen LogP contribution in [0.3, 0.4) is 0 Å². The summed E-state index contributed by atoms with van der Waals surface area (Å²) in [4.78, 5) is 30.2. The Morgan fingerprint density at radius 3 is 2.52 bits per heavy atom. The molecule has 0 saturated carbocycles. The maximum Gasteiger partial charge on any atom is 0.451 e. The number of pyridine rings is 1. The lowest BCUT2D eigenvalue weighted by molar-refractivity contribution is -0.147. The van der Waals surface area contributed by atoms with Gasteiger partial charge in [-0.3, -0.25) is 9.36 Å². The van der Waals surface area contributed by atoms with E-state index in [0.29, 0.717) is 41.9 Å². The van der Waals surface area contributed by atoms with E-state index in [0.717, 1.165) is 11.7 Å². The Kier molecular flexibility index (Phi) is 4.94. The van der Waals surface area contributed by atoms with Gasteiger partial charge in [0.15, 0.2) is 0 Å². The lowest BCUT2D eigenvalue weighted by Gasteiger charge is -2.31. The van der Waals surface area contributed by atoms with Gasteiger partial charge in [0, 0.05) is 38.0 Å². The van der Waals surface area contributed by atoms with Gasteiger partial charge in [0.05, 0.1) is 13.2 Å². The molecule has 2 aromatic rings. The summed E-state index contributed by atoms with van der Waals surface area (Å²) in [7, 11) is 2.49. The first kappa shape index (κ1) is 18.9. The number of methoxy groups -OCH3 is 1. The molecule has 146 valence electrons. The number of halogens is 3. The number of likely N-dealkylation sites (tertiary alicyclic amines) is 1. The van der Waals surface area contributed by atoms with E-state index in [2.05, 4.69) is 10.1 Å². The summed E-state index contributed by atoms with van der Waals surface area (Å²) in [6.45, 7) is 0.608. The topological polar surface area (TPSA) is 82.2 Å². The second-order valence-corrected chi connectivity index (χ2v) is 6.22. The molecular weight excluding hydrogens is 367 g/mol. The fraction of sp³-hybridized carbons (Fsp3) is 0.500. The minimum absolute atomic E-state index is 0.224. The predicted molar refractivity (Wildman–Crippen MR) is 87.4 cm³/mol. The normalized spacial score (nSPS) is 15.8. The zero-order valence-corrected chi connectivity index (χ0v) is 14.7. The monoisotopic (exact) mass is 385 g/mol. The molecule has 0 radical (unpaired) electrons. The number of carbonyl (C=O) groups excluding carboxylic acids is 1. The molecule has 0 aromatic carbocycles. The Morgan fingerprint density at radius 2 is 1.96 bits per heavy atom. The summed E-state index contributed by atoms with van der Waals surface area (Å²) in [6.07, 6.45) is -2.56. The predicted octanol–water partition coefficient (Wildman–Crippen LogP) is 1.48. The molecule has 0 spiro atoms. The van der Waals surface area contributed by atoms with Gasteiger partial charge in [-0.1, -0.05) is 0 Å². The van der Waals surface area contributed by atoms with Crippen LogP contribution in [0, 0.1) is 0 Å². The van der Waals surface area contributed by atoms with Crippen LogP contribution < -0.4 is 10.4 Å². The Balaban J connectivity index is 1.72. The van der Waals surface area contributed by atoms with Crippen LogP contribution in [0.15, 0.2) is 23.1 Å². The zero-order chi connectivity index (χ0) is 19.8. The van der Waals surface area contributed by atoms with E-state index in [1.54, 1.807) is 11.0 Å². The van der Waals surface area contributed by atoms with Crippen molar-refractivity contribution in [3.63, 3.8) is 0 Å². The Bertz CT molecular complexity index is 897. The van der Waals surface area contributed by atoms with Crippen LogP contribution in [0.25, 0.3) is 0 Å². The van der Waals surface area contributed by atoms with Crippen LogP contribution in [0.1, 0.15) is 35.1 Å². The Labute approximate surface area is 152 Å². The van der Waals surface area contributed by atoms with Crippen LogP contribution in [0.4, 0.5) is 13.2 Å². The van der Waals surface area contributed by atoms with Crippen molar-refractivity contribution < 1.29 is 22.7 Å². The van der Waals surface area contributed by atoms with Crippen molar-refractivity contribution in [2.45, 2.75) is 25.1 Å². The number of aromatic nitrogens is 4. The molecule has 0 N–H and O–H groups in total. The van der Waals surface area contributed by atoms with Crippen LogP contribution in [0.5, 0.6) is 5.88 Å². The fourth-order valence-electron chi connectivity index (χ4n) is 3.09. The van der Waals surface area contributed by atoms with E-state index in [1.807, 2.05) is 0 Å². The summed E-state index contributed by atoms with van der Waals surface area (Å²) >= 11 is 0. The SMILES string of the molecule is COc1cc(C(=O)N2CCC(n3nc(C(F)(F)F)n(C)c3=O)CC2)ccn1. The molecule has 1 saturated heterocycles. The first-order valence-corrected chi connectivity index (χ1v) is 8.24. The van der Waals surface area contributed by atoms with Gasteiger partial charge >= 0.3 is 11.9 Å². The van der Waals surface area contributed by atoms with Gasteiger partial charge in [-0.05, 0) is 18.9 Å². The second kappa shape index (κ2) is 7.05. The number of carbonyl (C=O) groups is 1. The van der Waals surface area contributed by atoms with Gasteiger partial charge in [-0.2, -0.15) is 13.2 Å². The van der Waals surface area contributed by atoms with E-state index < -0.39 is 23.7 Å². The van der Waals surface area contributed by atoms with E-state index in [4.69, 9.17) is 4.74 Å². The number of rotatable bonds is 3. The number of hydrogen-bond acceptors (Lipinski definition) is 5. The molecule has 0 atom stereocenters. The molecular formula is C16H18F3N5O3. The third kappa shape index (κ3) is 3.67. The molecule has 0 aliphatic carbocycles. The molecule has 3 rings (SSSR count). The van der Waals surface area contributed by atoms with Crippen LogP contribution in [-0.2, 0) is 13.2 Å². The third-order valence-electron chi connectivity index (χ3n) is 4.55. The zero-order valence-electron chi connectivity index (χ0n) is 14.7. The largest absolute Gasteiger partial charge is 0.481 e. The molecule has 1 aliphatic rings. The molecule has 11 heteroatoms. The highest BCUT2D eigenvalue weighted by atomic mass is 19.4. The van der Waals surface area contributed by atoms with Gasteiger partial charge in [-0.15, -0.1) is 5.10 Å². The molecule has 1 amide bonds. The highest BCUT2D eigenvalue weighted by molar-refractivity contribution is 5.94. The number of ether oxygens (including phenoxy) is 1. The molecule has 0 bridgehead atoms. The van der Waals surface area contributed by atoms with Crippen molar-refractivity contribution in [2.24, 2.45) is 7.05 Å². The van der Waals surface area contributed by atoms with E-state index in [-0.39, 0.29) is 5.91 Å². The Morgan fingerprint density at radius 1 is 1.30 bits per heavy atom. The number of alkyl halides is 3. The summed E-state index contributed by atoms with van der Waals surface area (Å²) in [5.41, 5.74) is -0.402. The summed E-state index contributed by atoms with van der Waals surface area (Å²) in [5, 5.41) is 3.47. The van der Waals surface area contributed by atoms with E-state index >= 15 is 0 Å². The molecule has 27 heavy (non-hydrogen) atoms. The number of amides is 1. The van der Waals surface area contributed by atoms with Crippen molar-refractivity contribution in [1.82, 2.24) is 24.2 Å². The minimum atomic E-state index is -4.70. The van der Waals surface area contributed by atoms with Crippen molar-refractivity contribution in [3.8, 4) is 5.88 Å². The third-order valence-corrected chi connectivity index (χ3v) is 4.55. The number of hydrogen-bond donors (Lipinski definition) is 0. The summed E-state index contributed by atoms with van der Waals surface area (Å²) < 4.78 is 45.1. The van der Waals surface area contributed by atoms with Crippen molar-refractivity contribution in [3.05, 3.63) is 40.2 Å². The molecule has 0 unspecified atom stereocenters. The van der Waals surface area contributed by atoms with Crippen molar-refractivity contribution in [2.75, 3.05) is 20.2 Å². The number of piperidine rings is 1. The minimum Gasteiger partial charge on any atom is -0.481 e. The fourth-order valence-corrected chi connectivity index (χ4v) is 3.09. The molecule has 3 heterocycles. The maximum atomic E-state index is 12.9. The van der Waals surface area contributed by atoms with Gasteiger partial charge in [0.25, 0.3) is 5.91 Å². The lowest BCUT2D eigenvalue weighted by Crippen LogP contribution is -2.41. The Hall–Kier alpha value is -2.85. The van der Waals surface area contributed by atoms with E-state index in [1.165, 1.54) is 19.4 Å². The number of nitrogens with zero attached hydrogens (tertiary/aromatic N) is 5. The summed E-state index contributed by atoms with van der Waals surface area (Å²) in [6, 6.07) is 2.60. The molecule has 1 fully saturated rings. The molecule has 1 aliphatic heterocycles. The van der Waals surface area contributed by atoms with Crippen molar-refractivity contribution in [1.29, 1.82) is 0 Å². The van der Waals surface area contributed by atoms with Crippen LogP contribution in [-0.4, -0.2) is 50.3 Å². The second-order valence-electron chi connectivity index (χ2n) is 6.22. The standard InChI is InChI=1S/C16H18F3N5O3/c1-22-14(16(17,18)19)21-24(15(22)26)11-4-7-23(8-5-11)13(25)10-3-6-20-12(9-10)27-2/h3,6,9,11H,4-5,7-8H2,1-2H3. The van der Waals surface area contributed by atoms with Crippen molar-refractivity contribution >= 4 is 5.91 Å². The van der Waals surface area contributed by atoms with Gasteiger partial charge in [0.1, 0.15) is 0 Å². The maximum absolute atomic E-state index is 12.9. The first-order chi connectivity index (χ1) is 12.7. The molecule has 8 nitrogen and oxygen atoms in total. The highest BCUT2D eigenvalue weighted by Crippen LogP contribution is 2.28. The smallest absolute Gasteiger partial charge is 0.451 e. The van der Waals surface area contributed by atoms with Gasteiger partial charge < -0.3 is 9.64 Å². The van der Waals surface area contributed by atoms with Crippen LogP contribution in [0.2, 0.25) is 0 Å². The van der Waals surface area contributed by atoms with Crippen LogP contribution >= 0.6 is 0 Å². The first-order valence-electron chi connectivity index (χ1n) is 8.24. The molecule has 2 aromatic heterocycles. The summed E-state index contributed by atoms with van der Waals surface area (Å²) in [5.74, 6) is -1.14. The van der Waals surface area contributed by atoms with Gasteiger partial charge in [-0.25, -0.2) is 14.5 Å². The lowest BCUT2D eigenvalue weighted by atomic mass is 10.0. The quantitative estimate of drug-likeness (QED) is 0.799. The van der Waals surface area contributed by atoms with Gasteiger partial charge in [0.2, 0.25) is 11.7 Å². The average molecular weight is 385 g/mol. The highest BCUT2D eigenvalue weighted by Gasteiger charge is 2.39.